The lowest BCUT2D eigenvalue weighted by atomic mass is 10.2. The Morgan fingerprint density at radius 3 is 1.02 bits per heavy atom. The number of nitrogens with one attached hydrogen (secondary N) is 3. The molecule has 9 heteroatoms. The maximum absolute atomic E-state index is 13.0. The van der Waals surface area contributed by atoms with E-state index in [0.29, 0.717) is 25.9 Å². The molecule has 0 aliphatic carbocycles. The molecule has 2 amide bonds. The van der Waals surface area contributed by atoms with E-state index in [-0.39, 0.29) is 34.1 Å². The smallest absolute Gasteiger partial charge is 0.261 e. The minimum absolute atomic E-state index is 0.00120. The molecule has 296 valence electrons. The lowest BCUT2D eigenvalue weighted by molar-refractivity contribution is -0.123. The highest BCUT2D eigenvalue weighted by molar-refractivity contribution is 7.00. The second-order valence-corrected chi connectivity index (χ2v) is 25.3. The summed E-state index contributed by atoms with van der Waals surface area (Å²) in [6, 6.07) is 42.1. The zero-order valence-electron chi connectivity index (χ0n) is 34.5. The largest absolute Gasteiger partial charge is 0.404 e. The zero-order valence-corrected chi connectivity index (χ0v) is 36.5. The summed E-state index contributed by atoms with van der Waals surface area (Å²) in [5, 5.41) is 14.2. The third-order valence-electron chi connectivity index (χ3n) is 10.2. The van der Waals surface area contributed by atoms with Gasteiger partial charge in [-0.15, -0.1) is 0 Å². The van der Waals surface area contributed by atoms with E-state index in [1.807, 2.05) is 38.1 Å². The number of carbonyl (C=O) groups is 2. The van der Waals surface area contributed by atoms with Crippen molar-refractivity contribution in [3.63, 3.8) is 0 Å². The molecule has 0 spiro atoms. The Balaban J connectivity index is 1.17. The summed E-state index contributed by atoms with van der Waals surface area (Å²) in [5.74, 6) is 0.00240. The van der Waals surface area contributed by atoms with Crippen molar-refractivity contribution in [2.24, 2.45) is 0 Å². The normalized spacial score (nSPS) is 13.5. The summed E-state index contributed by atoms with van der Waals surface area (Å²) in [6.07, 6.45) is 1.76. The molecular weight excluding hydrogens is 715 g/mol. The fourth-order valence-electron chi connectivity index (χ4n) is 7.74. The molecule has 3 N–H and O–H groups in total. The minimum atomic E-state index is -2.72. The van der Waals surface area contributed by atoms with Crippen LogP contribution in [0.5, 0.6) is 0 Å². The molecule has 0 aromatic heterocycles. The van der Waals surface area contributed by atoms with Crippen LogP contribution in [-0.4, -0.2) is 66.8 Å². The summed E-state index contributed by atoms with van der Waals surface area (Å²) in [6.45, 7) is 20.3. The molecule has 55 heavy (non-hydrogen) atoms. The Morgan fingerprint density at radius 2 is 0.764 bits per heavy atom. The molecule has 0 heterocycles. The lowest BCUT2D eigenvalue weighted by Gasteiger charge is -2.44. The van der Waals surface area contributed by atoms with Crippen molar-refractivity contribution < 1.29 is 18.4 Å². The van der Waals surface area contributed by atoms with Gasteiger partial charge in [-0.2, -0.15) is 0 Å². The summed E-state index contributed by atoms with van der Waals surface area (Å²) in [7, 11) is -5.44. The van der Waals surface area contributed by atoms with E-state index in [0.717, 1.165) is 25.9 Å². The zero-order chi connectivity index (χ0) is 40.0. The van der Waals surface area contributed by atoms with Crippen LogP contribution in [-0.2, 0) is 18.4 Å². The average Bonchev–Trinajstić information content (AvgIpc) is 3.15. The second-order valence-electron chi connectivity index (χ2n) is 16.7. The van der Waals surface area contributed by atoms with Crippen molar-refractivity contribution in [1.29, 1.82) is 0 Å². The first-order chi connectivity index (χ1) is 26.2. The predicted molar refractivity (Wildman–Crippen MR) is 234 cm³/mol. The number of hydrogen-bond donors (Lipinski definition) is 3. The Hall–Kier alpha value is -3.87. The van der Waals surface area contributed by atoms with Crippen LogP contribution in [0, 0.1) is 0 Å². The van der Waals surface area contributed by atoms with E-state index in [1.54, 1.807) is 0 Å². The number of benzene rings is 4. The maximum Gasteiger partial charge on any atom is 0.261 e. The van der Waals surface area contributed by atoms with E-state index in [4.69, 9.17) is 8.85 Å². The standard InChI is InChI=1S/C46H65N3O4Si2/c1-37(52-54(45(3,4)5,39-23-13-9-14-24-39)40-25-15-10-16-26-40)35-43(50)48-33-21-31-47-32-22-34-49-44(51)36-38(2)53-55(46(6,7)8,41-27-17-11-18-28-41)42-29-19-12-20-30-42/h9-20,23-30,37-38,47H,21-22,31-36H2,1-8H3,(H,48,50)(H,49,51)/t37-,38+. The fourth-order valence-corrected chi connectivity index (χ4v) is 17.1. The third kappa shape index (κ3) is 11.6. The van der Waals surface area contributed by atoms with Crippen molar-refractivity contribution in [1.82, 2.24) is 16.0 Å². The van der Waals surface area contributed by atoms with Gasteiger partial charge in [-0.1, -0.05) is 163 Å². The van der Waals surface area contributed by atoms with Crippen LogP contribution in [0.15, 0.2) is 121 Å². The topological polar surface area (TPSA) is 88.7 Å². The molecule has 0 bridgehead atoms. The number of rotatable bonds is 20. The summed E-state index contributed by atoms with van der Waals surface area (Å²) >= 11 is 0. The Kier molecular flexibility index (Phi) is 16.2. The molecule has 0 radical (unpaired) electrons. The van der Waals surface area contributed by atoms with E-state index in [2.05, 4.69) is 155 Å². The summed E-state index contributed by atoms with van der Waals surface area (Å²) in [5.41, 5.74) is 0. The van der Waals surface area contributed by atoms with E-state index >= 15 is 0 Å². The maximum atomic E-state index is 13.0. The predicted octanol–water partition coefficient (Wildman–Crippen LogP) is 6.30. The summed E-state index contributed by atoms with van der Waals surface area (Å²) < 4.78 is 14.1. The molecule has 7 nitrogen and oxygen atoms in total. The van der Waals surface area contributed by atoms with Gasteiger partial charge in [-0.05, 0) is 70.6 Å². The van der Waals surface area contributed by atoms with Gasteiger partial charge in [0.1, 0.15) is 0 Å². The molecule has 0 aliphatic heterocycles. The average molecular weight is 780 g/mol. The first-order valence-corrected chi connectivity index (χ1v) is 23.8. The monoisotopic (exact) mass is 779 g/mol. The first-order valence-electron chi connectivity index (χ1n) is 20.0. The van der Waals surface area contributed by atoms with Crippen LogP contribution in [0.1, 0.15) is 81.1 Å². The van der Waals surface area contributed by atoms with Crippen molar-refractivity contribution in [3.8, 4) is 0 Å². The SMILES string of the molecule is C[C@H](CC(=O)NCCCNCCCNC(=O)C[C@H](C)O[Si](c1ccccc1)(c1ccccc1)C(C)(C)C)O[Si](c1ccccc1)(c1ccccc1)C(C)(C)C. The van der Waals surface area contributed by atoms with Crippen molar-refractivity contribution in [2.45, 2.75) is 103 Å². The molecule has 0 aliphatic rings. The summed E-state index contributed by atoms with van der Waals surface area (Å²) in [4.78, 5) is 26.0. The van der Waals surface area contributed by atoms with Gasteiger partial charge >= 0.3 is 0 Å². The van der Waals surface area contributed by atoms with Gasteiger partial charge < -0.3 is 24.8 Å². The lowest BCUT2D eigenvalue weighted by Crippen LogP contribution is -2.67. The van der Waals surface area contributed by atoms with Crippen LogP contribution in [0.3, 0.4) is 0 Å². The first kappa shape index (κ1) is 43.9. The van der Waals surface area contributed by atoms with Gasteiger partial charge in [-0.25, -0.2) is 0 Å². The Morgan fingerprint density at radius 1 is 0.491 bits per heavy atom. The molecule has 0 fully saturated rings. The van der Waals surface area contributed by atoms with E-state index < -0.39 is 16.6 Å². The fraction of sp³-hybridized carbons (Fsp3) is 0.435. The molecule has 4 aromatic rings. The van der Waals surface area contributed by atoms with Gasteiger partial charge in [0.05, 0.1) is 25.0 Å². The van der Waals surface area contributed by atoms with E-state index in [1.165, 1.54) is 20.7 Å². The highest BCUT2D eigenvalue weighted by Crippen LogP contribution is 2.39. The highest BCUT2D eigenvalue weighted by Gasteiger charge is 2.52. The number of carbonyl (C=O) groups excluding carboxylic acids is 2. The van der Waals surface area contributed by atoms with Crippen molar-refractivity contribution in [2.75, 3.05) is 26.2 Å². The van der Waals surface area contributed by atoms with Gasteiger partial charge in [0, 0.05) is 13.1 Å². The minimum Gasteiger partial charge on any atom is -0.404 e. The van der Waals surface area contributed by atoms with Crippen LogP contribution in [0.25, 0.3) is 0 Å². The quantitative estimate of drug-likeness (QED) is 0.0725. The molecule has 4 aromatic carbocycles. The van der Waals surface area contributed by atoms with Crippen LogP contribution < -0.4 is 36.7 Å². The molecule has 0 saturated carbocycles. The van der Waals surface area contributed by atoms with Crippen molar-refractivity contribution >= 4 is 49.2 Å². The number of amides is 2. The molecular formula is C46H65N3O4Si2. The van der Waals surface area contributed by atoms with Crippen LogP contribution >= 0.6 is 0 Å². The molecule has 4 rings (SSSR count). The third-order valence-corrected chi connectivity index (χ3v) is 20.6. The molecule has 0 saturated heterocycles. The van der Waals surface area contributed by atoms with Crippen LogP contribution in [0.4, 0.5) is 0 Å². The van der Waals surface area contributed by atoms with Crippen molar-refractivity contribution in [3.05, 3.63) is 121 Å². The number of hydrogen-bond acceptors (Lipinski definition) is 5. The van der Waals surface area contributed by atoms with E-state index in [9.17, 15) is 9.59 Å². The van der Waals surface area contributed by atoms with Crippen LogP contribution in [0.2, 0.25) is 10.1 Å². The van der Waals surface area contributed by atoms with Gasteiger partial charge in [-0.3, -0.25) is 9.59 Å². The molecule has 0 unspecified atom stereocenters. The van der Waals surface area contributed by atoms with Gasteiger partial charge in [0.2, 0.25) is 11.8 Å². The Labute approximate surface area is 333 Å². The Bertz CT molecular complexity index is 1520. The van der Waals surface area contributed by atoms with Gasteiger partial charge in [0.25, 0.3) is 16.6 Å². The van der Waals surface area contributed by atoms with Gasteiger partial charge in [0.15, 0.2) is 0 Å². The second kappa shape index (κ2) is 20.3. The molecule has 2 atom stereocenters. The highest BCUT2D eigenvalue weighted by atomic mass is 28.4.